The normalized spacial score (nSPS) is 21.8. The average molecular weight is 392 g/mol. The van der Waals surface area contributed by atoms with Crippen LogP contribution in [0.15, 0.2) is 6.20 Å². The van der Waals surface area contributed by atoms with E-state index in [1.165, 1.54) is 11.8 Å². The third-order valence-electron chi connectivity index (χ3n) is 5.45. The van der Waals surface area contributed by atoms with E-state index in [2.05, 4.69) is 10.3 Å². The summed E-state index contributed by atoms with van der Waals surface area (Å²) in [5.41, 5.74) is 0.280. The van der Waals surface area contributed by atoms with Crippen LogP contribution in [0.1, 0.15) is 42.7 Å². The summed E-state index contributed by atoms with van der Waals surface area (Å²) < 4.78 is 7.02. The predicted octanol–water partition coefficient (Wildman–Crippen LogP) is -0.219. The lowest BCUT2D eigenvalue weighted by atomic mass is 10.2. The molecule has 0 saturated carbocycles. The van der Waals surface area contributed by atoms with Crippen molar-refractivity contribution in [2.45, 2.75) is 38.3 Å². The van der Waals surface area contributed by atoms with E-state index in [0.29, 0.717) is 39.3 Å². The number of rotatable bonds is 6. The fourth-order valence-corrected chi connectivity index (χ4v) is 3.65. The summed E-state index contributed by atoms with van der Waals surface area (Å²) in [6, 6.07) is -0.268. The first-order valence-electron chi connectivity index (χ1n) is 9.65. The Bertz CT molecular complexity index is 729. The summed E-state index contributed by atoms with van der Waals surface area (Å²) >= 11 is 0. The third kappa shape index (κ3) is 4.32. The molecule has 0 aliphatic carbocycles. The Morgan fingerprint density at radius 1 is 1.21 bits per heavy atom. The number of carbonyl (C=O) groups is 3. The molecular weight excluding hydrogens is 364 g/mol. The van der Waals surface area contributed by atoms with E-state index in [1.807, 2.05) is 0 Å². The maximum atomic E-state index is 12.7. The largest absolute Gasteiger partial charge is 0.379 e. The van der Waals surface area contributed by atoms with E-state index in [-0.39, 0.29) is 29.5 Å². The first-order valence-corrected chi connectivity index (χ1v) is 9.65. The van der Waals surface area contributed by atoms with Gasteiger partial charge >= 0.3 is 0 Å². The lowest BCUT2D eigenvalue weighted by molar-refractivity contribution is -0.142. The van der Waals surface area contributed by atoms with E-state index < -0.39 is 6.04 Å². The zero-order chi connectivity index (χ0) is 20.3. The molecule has 3 heterocycles. The average Bonchev–Trinajstić information content (AvgIpc) is 3.43. The van der Waals surface area contributed by atoms with Gasteiger partial charge < -0.3 is 19.4 Å². The quantitative estimate of drug-likeness (QED) is 0.664. The molecule has 0 spiro atoms. The van der Waals surface area contributed by atoms with Gasteiger partial charge in [0.25, 0.3) is 5.91 Å². The Kier molecular flexibility index (Phi) is 6.28. The zero-order valence-electron chi connectivity index (χ0n) is 16.7. The van der Waals surface area contributed by atoms with Gasteiger partial charge in [0.15, 0.2) is 5.69 Å². The van der Waals surface area contributed by atoms with Gasteiger partial charge in [0.1, 0.15) is 6.04 Å². The molecule has 0 bridgehead atoms. The van der Waals surface area contributed by atoms with Crippen LogP contribution < -0.4 is 0 Å². The Hall–Kier alpha value is -2.49. The molecule has 0 N–H and O–H groups in total. The van der Waals surface area contributed by atoms with Gasteiger partial charge in [0.2, 0.25) is 11.8 Å². The number of aromatic nitrogens is 3. The van der Waals surface area contributed by atoms with Gasteiger partial charge in [-0.2, -0.15) is 0 Å². The highest BCUT2D eigenvalue weighted by Gasteiger charge is 2.34. The maximum Gasteiger partial charge on any atom is 0.275 e. The second-order valence-electron chi connectivity index (χ2n) is 7.46. The van der Waals surface area contributed by atoms with Crippen molar-refractivity contribution in [1.82, 2.24) is 29.7 Å². The van der Waals surface area contributed by atoms with Crippen LogP contribution in [0.25, 0.3) is 0 Å². The minimum Gasteiger partial charge on any atom is -0.379 e. The van der Waals surface area contributed by atoms with Crippen molar-refractivity contribution in [3.05, 3.63) is 11.9 Å². The maximum absolute atomic E-state index is 12.7. The van der Waals surface area contributed by atoms with Gasteiger partial charge in [-0.3, -0.25) is 14.4 Å². The molecule has 0 aromatic carbocycles. The van der Waals surface area contributed by atoms with E-state index in [0.717, 1.165) is 12.8 Å². The van der Waals surface area contributed by atoms with Crippen LogP contribution in [0.3, 0.4) is 0 Å². The van der Waals surface area contributed by atoms with Gasteiger partial charge in [-0.05, 0) is 19.3 Å². The first kappa shape index (κ1) is 20.2. The molecule has 154 valence electrons. The molecule has 2 aliphatic heterocycles. The molecule has 1 unspecified atom stereocenters. The van der Waals surface area contributed by atoms with Crippen LogP contribution in [0.4, 0.5) is 0 Å². The smallest absolute Gasteiger partial charge is 0.275 e. The van der Waals surface area contributed by atoms with Crippen molar-refractivity contribution >= 4 is 17.7 Å². The van der Waals surface area contributed by atoms with Crippen molar-refractivity contribution in [2.24, 2.45) is 0 Å². The lowest BCUT2D eigenvalue weighted by Gasteiger charge is -2.28. The summed E-state index contributed by atoms with van der Waals surface area (Å²) in [4.78, 5) is 41.6. The van der Waals surface area contributed by atoms with Gasteiger partial charge in [0.05, 0.1) is 18.8 Å². The van der Waals surface area contributed by atoms with Crippen LogP contribution in [0, 0.1) is 0 Å². The number of amides is 3. The number of carbonyl (C=O) groups excluding carboxylic acids is 3. The number of hydrogen-bond donors (Lipinski definition) is 0. The van der Waals surface area contributed by atoms with Crippen LogP contribution in [0.2, 0.25) is 0 Å². The molecule has 1 aromatic rings. The molecule has 2 saturated heterocycles. The highest BCUT2D eigenvalue weighted by Crippen LogP contribution is 2.19. The molecule has 10 heteroatoms. The second-order valence-corrected chi connectivity index (χ2v) is 7.46. The van der Waals surface area contributed by atoms with Crippen molar-refractivity contribution in [2.75, 3.05) is 46.9 Å². The Labute approximate surface area is 164 Å². The SMILES string of the molecule is CC(=O)N1CCC[C@@H]1C(=O)N(C)CCN(C)C(=O)c1cn(C2CCOC2)nn1. The highest BCUT2D eigenvalue weighted by atomic mass is 16.5. The standard InChI is InChI=1S/C18H28N6O4/c1-13(25)23-7-4-5-16(23)18(27)22(3)9-8-21(2)17(26)15-11-24(20-19-15)14-6-10-28-12-14/h11,14,16H,4-10,12H2,1-3H3/t14?,16-/m1/s1. The summed E-state index contributed by atoms with van der Waals surface area (Å²) in [5, 5.41) is 8.02. The fraction of sp³-hybridized carbons (Fsp3) is 0.722. The molecule has 2 fully saturated rings. The predicted molar refractivity (Wildman–Crippen MR) is 99.5 cm³/mol. The van der Waals surface area contributed by atoms with Crippen molar-refractivity contribution in [3.63, 3.8) is 0 Å². The molecular formula is C18H28N6O4. The zero-order valence-corrected chi connectivity index (χ0v) is 16.7. The Morgan fingerprint density at radius 2 is 1.96 bits per heavy atom. The Morgan fingerprint density at radius 3 is 2.64 bits per heavy atom. The van der Waals surface area contributed by atoms with E-state index in [4.69, 9.17) is 4.74 Å². The Balaban J connectivity index is 1.51. The number of likely N-dealkylation sites (N-methyl/N-ethyl adjacent to an activating group) is 2. The molecule has 28 heavy (non-hydrogen) atoms. The van der Waals surface area contributed by atoms with Crippen molar-refractivity contribution < 1.29 is 19.1 Å². The molecule has 10 nitrogen and oxygen atoms in total. The summed E-state index contributed by atoms with van der Waals surface area (Å²) in [5.74, 6) is -0.398. The number of ether oxygens (including phenoxy) is 1. The van der Waals surface area contributed by atoms with E-state index in [1.54, 1.807) is 34.8 Å². The molecule has 2 aliphatic rings. The molecule has 3 amide bonds. The minimum absolute atomic E-state index is 0.0766. The summed E-state index contributed by atoms with van der Waals surface area (Å²) in [7, 11) is 3.38. The monoisotopic (exact) mass is 392 g/mol. The third-order valence-corrected chi connectivity index (χ3v) is 5.45. The molecule has 1 aromatic heterocycles. The van der Waals surface area contributed by atoms with Gasteiger partial charge in [0, 0.05) is 47.3 Å². The van der Waals surface area contributed by atoms with Crippen molar-refractivity contribution in [3.8, 4) is 0 Å². The van der Waals surface area contributed by atoms with Crippen molar-refractivity contribution in [1.29, 1.82) is 0 Å². The first-order chi connectivity index (χ1) is 13.4. The molecule has 3 rings (SSSR count). The van der Waals surface area contributed by atoms with Crippen LogP contribution in [-0.4, -0.2) is 100 Å². The summed E-state index contributed by atoms with van der Waals surface area (Å²) in [6.45, 7) is 4.14. The van der Waals surface area contributed by atoms with Crippen LogP contribution in [-0.2, 0) is 14.3 Å². The number of likely N-dealkylation sites (tertiary alicyclic amines) is 1. The summed E-state index contributed by atoms with van der Waals surface area (Å²) in [6.07, 6.45) is 4.03. The number of nitrogens with zero attached hydrogens (tertiary/aromatic N) is 6. The van der Waals surface area contributed by atoms with Gasteiger partial charge in [-0.1, -0.05) is 5.21 Å². The lowest BCUT2D eigenvalue weighted by Crippen LogP contribution is -2.47. The van der Waals surface area contributed by atoms with E-state index in [9.17, 15) is 14.4 Å². The van der Waals surface area contributed by atoms with Gasteiger partial charge in [-0.15, -0.1) is 5.10 Å². The van der Waals surface area contributed by atoms with Crippen LogP contribution in [0.5, 0.6) is 0 Å². The highest BCUT2D eigenvalue weighted by molar-refractivity contribution is 5.92. The minimum atomic E-state index is -0.392. The number of hydrogen-bond acceptors (Lipinski definition) is 6. The molecule has 0 radical (unpaired) electrons. The fourth-order valence-electron chi connectivity index (χ4n) is 3.65. The second kappa shape index (κ2) is 8.68. The van der Waals surface area contributed by atoms with E-state index >= 15 is 0 Å². The topological polar surface area (TPSA) is 101 Å². The molecule has 2 atom stereocenters. The van der Waals surface area contributed by atoms with Gasteiger partial charge in [-0.25, -0.2) is 4.68 Å². The van der Waals surface area contributed by atoms with Crippen LogP contribution >= 0.6 is 0 Å².